The Hall–Kier alpha value is -2.63. The minimum Gasteiger partial charge on any atom is -0.488 e. The van der Waals surface area contributed by atoms with E-state index in [1.165, 1.54) is 0 Å². The monoisotopic (exact) mass is 382 g/mol. The Morgan fingerprint density at radius 3 is 2.74 bits per heavy atom. The summed E-state index contributed by atoms with van der Waals surface area (Å²) in [4.78, 5) is 18.4. The largest absolute Gasteiger partial charge is 0.488 e. The summed E-state index contributed by atoms with van der Waals surface area (Å²) >= 11 is 5.87. The van der Waals surface area contributed by atoms with Crippen molar-refractivity contribution in [2.45, 2.75) is 18.6 Å². The Morgan fingerprint density at radius 1 is 1.15 bits per heavy atom. The molecule has 2 aromatic carbocycles. The molecule has 1 amide bonds. The van der Waals surface area contributed by atoms with E-state index in [4.69, 9.17) is 16.3 Å². The van der Waals surface area contributed by atoms with Crippen LogP contribution in [0.25, 0.3) is 10.8 Å². The third-order valence-corrected chi connectivity index (χ3v) is 5.05. The van der Waals surface area contributed by atoms with Gasteiger partial charge in [0.15, 0.2) is 0 Å². The molecule has 3 aromatic rings. The first kappa shape index (κ1) is 17.8. The van der Waals surface area contributed by atoms with Gasteiger partial charge in [0.1, 0.15) is 18.0 Å². The highest BCUT2D eigenvalue weighted by Crippen LogP contribution is 2.24. The maximum Gasteiger partial charge on any atom is 0.253 e. The zero-order valence-electron chi connectivity index (χ0n) is 14.6. The zero-order chi connectivity index (χ0) is 18.8. The van der Waals surface area contributed by atoms with Crippen molar-refractivity contribution in [1.29, 1.82) is 0 Å². The summed E-state index contributed by atoms with van der Waals surface area (Å²) in [5.74, 6) is 0.581. The van der Waals surface area contributed by atoms with E-state index in [0.29, 0.717) is 29.3 Å². The van der Waals surface area contributed by atoms with E-state index in [9.17, 15) is 9.90 Å². The van der Waals surface area contributed by atoms with Crippen molar-refractivity contribution >= 4 is 28.3 Å². The molecule has 6 heteroatoms. The van der Waals surface area contributed by atoms with E-state index in [-0.39, 0.29) is 18.6 Å². The molecule has 2 atom stereocenters. The summed E-state index contributed by atoms with van der Waals surface area (Å²) in [6.07, 6.45) is 2.99. The summed E-state index contributed by atoms with van der Waals surface area (Å²) in [6, 6.07) is 14.5. The number of hydrogen-bond donors (Lipinski definition) is 1. The van der Waals surface area contributed by atoms with Gasteiger partial charge in [0.2, 0.25) is 0 Å². The van der Waals surface area contributed by atoms with Crippen molar-refractivity contribution in [3.05, 3.63) is 71.5 Å². The van der Waals surface area contributed by atoms with Gasteiger partial charge in [0.25, 0.3) is 5.91 Å². The number of aromatic nitrogens is 1. The molecular formula is C21H19ClN2O3. The van der Waals surface area contributed by atoms with Crippen molar-refractivity contribution in [3.8, 4) is 5.75 Å². The summed E-state index contributed by atoms with van der Waals surface area (Å²) in [5.41, 5.74) is 0.563. The molecule has 27 heavy (non-hydrogen) atoms. The number of likely N-dealkylation sites (tertiary alicyclic amines) is 1. The number of pyridine rings is 1. The van der Waals surface area contributed by atoms with Crippen LogP contribution in [-0.2, 0) is 0 Å². The Morgan fingerprint density at radius 2 is 1.96 bits per heavy atom. The molecule has 0 unspecified atom stereocenters. The number of fused-ring (bicyclic) bond motifs is 1. The number of carbonyl (C=O) groups is 1. The van der Waals surface area contributed by atoms with Gasteiger partial charge in [0.05, 0.1) is 6.54 Å². The highest BCUT2D eigenvalue weighted by molar-refractivity contribution is 6.30. The number of rotatable bonds is 3. The number of nitrogens with zero attached hydrogens (tertiary/aromatic N) is 2. The van der Waals surface area contributed by atoms with Crippen LogP contribution in [0.2, 0.25) is 5.02 Å². The second-order valence-electron chi connectivity index (χ2n) is 6.66. The van der Waals surface area contributed by atoms with Crippen LogP contribution in [-0.4, -0.2) is 46.2 Å². The third-order valence-electron chi connectivity index (χ3n) is 4.80. The average Bonchev–Trinajstić information content (AvgIpc) is 2.69. The molecule has 0 aliphatic carbocycles. The van der Waals surface area contributed by atoms with Crippen LogP contribution < -0.4 is 4.74 Å². The van der Waals surface area contributed by atoms with Crippen molar-refractivity contribution in [2.24, 2.45) is 0 Å². The van der Waals surface area contributed by atoms with Crippen LogP contribution in [0.1, 0.15) is 16.8 Å². The molecule has 5 nitrogen and oxygen atoms in total. The minimum atomic E-state index is -0.750. The number of carbonyl (C=O) groups excluding carboxylic acids is 1. The number of piperidine rings is 1. The van der Waals surface area contributed by atoms with E-state index in [1.807, 2.05) is 24.3 Å². The number of aliphatic hydroxyl groups is 1. The van der Waals surface area contributed by atoms with Crippen molar-refractivity contribution in [2.75, 3.05) is 13.1 Å². The summed E-state index contributed by atoms with van der Waals surface area (Å²) in [6.45, 7) is 0.763. The summed E-state index contributed by atoms with van der Waals surface area (Å²) in [7, 11) is 0. The molecule has 4 rings (SSSR count). The van der Waals surface area contributed by atoms with Crippen LogP contribution in [0.3, 0.4) is 0 Å². The molecule has 0 spiro atoms. The number of ether oxygens (including phenoxy) is 1. The smallest absolute Gasteiger partial charge is 0.253 e. The number of aliphatic hydroxyl groups excluding tert-OH is 1. The molecule has 1 aliphatic rings. The predicted octanol–water partition coefficient (Wildman–Crippen LogP) is 3.54. The molecule has 0 bridgehead atoms. The van der Waals surface area contributed by atoms with Gasteiger partial charge in [0, 0.05) is 41.3 Å². The van der Waals surface area contributed by atoms with Crippen LogP contribution in [0.15, 0.2) is 60.9 Å². The van der Waals surface area contributed by atoms with Gasteiger partial charge in [-0.15, -0.1) is 0 Å². The lowest BCUT2D eigenvalue weighted by Crippen LogP contribution is -2.51. The van der Waals surface area contributed by atoms with Crippen LogP contribution >= 0.6 is 11.6 Å². The Bertz CT molecular complexity index is 961. The highest BCUT2D eigenvalue weighted by Gasteiger charge is 2.32. The normalized spacial score (nSPS) is 19.9. The summed E-state index contributed by atoms with van der Waals surface area (Å²) in [5, 5.41) is 13.2. The highest BCUT2D eigenvalue weighted by atomic mass is 35.5. The van der Waals surface area contributed by atoms with E-state index >= 15 is 0 Å². The van der Waals surface area contributed by atoms with E-state index in [1.54, 1.807) is 41.6 Å². The molecule has 0 radical (unpaired) electrons. The lowest BCUT2D eigenvalue weighted by atomic mass is 10.0. The van der Waals surface area contributed by atoms with Crippen molar-refractivity contribution < 1.29 is 14.6 Å². The Kier molecular flexibility index (Phi) is 4.97. The average molecular weight is 383 g/mol. The third kappa shape index (κ3) is 3.89. The first-order valence-corrected chi connectivity index (χ1v) is 9.21. The van der Waals surface area contributed by atoms with Gasteiger partial charge >= 0.3 is 0 Å². The topological polar surface area (TPSA) is 62.7 Å². The van der Waals surface area contributed by atoms with Crippen LogP contribution in [0, 0.1) is 0 Å². The number of amides is 1. The van der Waals surface area contributed by atoms with E-state index in [2.05, 4.69) is 4.98 Å². The molecule has 1 aromatic heterocycles. The quantitative estimate of drug-likeness (QED) is 0.752. The molecule has 1 saturated heterocycles. The molecule has 1 N–H and O–H groups in total. The van der Waals surface area contributed by atoms with Crippen LogP contribution in [0.5, 0.6) is 5.75 Å². The minimum absolute atomic E-state index is 0.110. The van der Waals surface area contributed by atoms with Crippen LogP contribution in [0.4, 0.5) is 0 Å². The lowest BCUT2D eigenvalue weighted by molar-refractivity contribution is -0.0198. The van der Waals surface area contributed by atoms with Crippen molar-refractivity contribution in [3.63, 3.8) is 0 Å². The predicted molar refractivity (Wildman–Crippen MR) is 104 cm³/mol. The molecular weight excluding hydrogens is 364 g/mol. The van der Waals surface area contributed by atoms with Crippen molar-refractivity contribution in [1.82, 2.24) is 9.88 Å². The fraction of sp³-hybridized carbons (Fsp3) is 0.238. The summed E-state index contributed by atoms with van der Waals surface area (Å²) < 4.78 is 5.99. The van der Waals surface area contributed by atoms with Gasteiger partial charge in [-0.05, 0) is 47.9 Å². The Balaban J connectivity index is 1.42. The second kappa shape index (κ2) is 7.55. The molecule has 138 valence electrons. The van der Waals surface area contributed by atoms with Gasteiger partial charge in [-0.1, -0.05) is 17.7 Å². The first-order valence-electron chi connectivity index (χ1n) is 8.83. The molecule has 1 aliphatic heterocycles. The fourth-order valence-corrected chi connectivity index (χ4v) is 3.44. The van der Waals surface area contributed by atoms with E-state index < -0.39 is 6.10 Å². The van der Waals surface area contributed by atoms with Gasteiger partial charge in [-0.3, -0.25) is 9.78 Å². The van der Waals surface area contributed by atoms with Gasteiger partial charge < -0.3 is 14.7 Å². The number of halogens is 1. The maximum atomic E-state index is 12.6. The second-order valence-corrected chi connectivity index (χ2v) is 7.09. The Labute approximate surface area is 162 Å². The molecule has 1 fully saturated rings. The van der Waals surface area contributed by atoms with E-state index in [0.717, 1.165) is 10.8 Å². The number of hydrogen-bond acceptors (Lipinski definition) is 4. The maximum absolute atomic E-state index is 12.6. The lowest BCUT2D eigenvalue weighted by Gasteiger charge is -2.36. The first-order chi connectivity index (χ1) is 13.1. The SMILES string of the molecule is O=C(c1ccc(Cl)cc1)N1CC[C@@H](Oc2ccc3ccncc3c2)[C@H](O)C1. The standard InChI is InChI=1S/C21H19ClN2O3/c22-17-4-1-15(2-5-17)21(26)24-10-8-20(19(25)13-24)27-18-6-3-14-7-9-23-12-16(14)11-18/h1-7,9,11-12,19-20,25H,8,10,13H2/t19-,20-/m1/s1. The fourth-order valence-electron chi connectivity index (χ4n) is 3.32. The zero-order valence-corrected chi connectivity index (χ0v) is 15.3. The number of benzene rings is 2. The number of β-amino-alcohol motifs (C(OH)–C–C–N with tert-alkyl or cyclic N) is 1. The van der Waals surface area contributed by atoms with Gasteiger partial charge in [-0.2, -0.15) is 0 Å². The van der Waals surface area contributed by atoms with Gasteiger partial charge in [-0.25, -0.2) is 0 Å². The molecule has 2 heterocycles. The molecule has 0 saturated carbocycles.